The molecule has 0 unspecified atom stereocenters. The van der Waals surface area contributed by atoms with Crippen molar-refractivity contribution in [2.75, 3.05) is 0 Å². The van der Waals surface area contributed by atoms with Gasteiger partial charge in [0.15, 0.2) is 0 Å². The second-order valence-electron chi connectivity index (χ2n) is 2.70. The molecule has 5 heteroatoms. The standard InChI is InChI=1S/C8H9NO3S/c1-6-2-4-7(5-3-6)8(10)13(9,11)12/h2-5H,1H3,(H2,9,11,12). The third kappa shape index (κ3) is 2.37. The van der Waals surface area contributed by atoms with Crippen molar-refractivity contribution in [3.8, 4) is 0 Å². The van der Waals surface area contributed by atoms with Gasteiger partial charge in [-0.1, -0.05) is 17.7 Å². The Hall–Kier alpha value is -1.20. The first-order valence-corrected chi connectivity index (χ1v) is 5.09. The van der Waals surface area contributed by atoms with Crippen molar-refractivity contribution in [3.63, 3.8) is 0 Å². The first-order chi connectivity index (χ1) is 5.91. The van der Waals surface area contributed by atoms with E-state index >= 15 is 0 Å². The first kappa shape index (κ1) is 9.88. The van der Waals surface area contributed by atoms with Gasteiger partial charge in [0.05, 0.1) is 0 Å². The minimum absolute atomic E-state index is 0.0908. The van der Waals surface area contributed by atoms with Crippen LogP contribution in [0, 0.1) is 6.92 Å². The highest BCUT2D eigenvalue weighted by Gasteiger charge is 2.17. The topological polar surface area (TPSA) is 77.2 Å². The number of aryl methyl sites for hydroxylation is 1. The molecule has 0 radical (unpaired) electrons. The Morgan fingerprint density at radius 1 is 1.23 bits per heavy atom. The SMILES string of the molecule is Cc1ccc(C(=O)S(N)(=O)=O)cc1. The third-order valence-corrected chi connectivity index (χ3v) is 2.30. The second-order valence-corrected chi connectivity index (χ2v) is 4.16. The maximum absolute atomic E-state index is 11.1. The summed E-state index contributed by atoms with van der Waals surface area (Å²) in [6.07, 6.45) is 0. The van der Waals surface area contributed by atoms with E-state index in [0.717, 1.165) is 5.56 Å². The molecular formula is C8H9NO3S. The van der Waals surface area contributed by atoms with Gasteiger partial charge in [0.1, 0.15) is 0 Å². The van der Waals surface area contributed by atoms with Crippen LogP contribution in [0.5, 0.6) is 0 Å². The van der Waals surface area contributed by atoms with Crippen molar-refractivity contribution >= 4 is 15.1 Å². The fraction of sp³-hybridized carbons (Fsp3) is 0.125. The smallest absolute Gasteiger partial charge is 0.274 e. The summed E-state index contributed by atoms with van der Waals surface area (Å²) < 4.78 is 21.3. The number of benzene rings is 1. The fourth-order valence-corrected chi connectivity index (χ4v) is 1.32. The van der Waals surface area contributed by atoms with E-state index in [1.807, 2.05) is 6.92 Å². The van der Waals surface area contributed by atoms with Gasteiger partial charge in [-0.25, -0.2) is 13.6 Å². The van der Waals surface area contributed by atoms with Gasteiger partial charge in [0, 0.05) is 5.56 Å². The van der Waals surface area contributed by atoms with Crippen molar-refractivity contribution < 1.29 is 13.2 Å². The maximum atomic E-state index is 11.1. The lowest BCUT2D eigenvalue weighted by Gasteiger charge is -1.97. The van der Waals surface area contributed by atoms with Crippen LogP contribution in [0.25, 0.3) is 0 Å². The molecule has 0 heterocycles. The largest absolute Gasteiger partial charge is 0.291 e. The number of nitrogens with two attached hydrogens (primary N) is 1. The van der Waals surface area contributed by atoms with Gasteiger partial charge >= 0.3 is 0 Å². The molecule has 0 spiro atoms. The molecule has 1 aromatic carbocycles. The summed E-state index contributed by atoms with van der Waals surface area (Å²) in [6, 6.07) is 6.17. The van der Waals surface area contributed by atoms with Crippen LogP contribution < -0.4 is 5.14 Å². The number of hydrogen-bond acceptors (Lipinski definition) is 3. The van der Waals surface area contributed by atoms with E-state index in [9.17, 15) is 13.2 Å². The van der Waals surface area contributed by atoms with E-state index in [0.29, 0.717) is 0 Å². The molecule has 0 aromatic heterocycles. The maximum Gasteiger partial charge on any atom is 0.291 e. The van der Waals surface area contributed by atoms with Crippen LogP contribution in [0.3, 0.4) is 0 Å². The number of sulfonamides is 1. The molecule has 70 valence electrons. The van der Waals surface area contributed by atoms with E-state index in [2.05, 4.69) is 5.14 Å². The van der Waals surface area contributed by atoms with Crippen molar-refractivity contribution in [1.82, 2.24) is 0 Å². The van der Waals surface area contributed by atoms with Gasteiger partial charge in [-0.3, -0.25) is 4.79 Å². The van der Waals surface area contributed by atoms with Crippen LogP contribution in [-0.4, -0.2) is 13.5 Å². The van der Waals surface area contributed by atoms with Gasteiger partial charge in [-0.15, -0.1) is 0 Å². The third-order valence-electron chi connectivity index (χ3n) is 1.55. The molecular weight excluding hydrogens is 190 g/mol. The summed E-state index contributed by atoms with van der Waals surface area (Å²) >= 11 is 0. The summed E-state index contributed by atoms with van der Waals surface area (Å²) in [5.41, 5.74) is 1.04. The van der Waals surface area contributed by atoms with Crippen LogP contribution >= 0.6 is 0 Å². The molecule has 4 nitrogen and oxygen atoms in total. The van der Waals surface area contributed by atoms with Crippen molar-refractivity contribution in [2.24, 2.45) is 5.14 Å². The Labute approximate surface area is 76.4 Å². The summed E-state index contributed by atoms with van der Waals surface area (Å²) in [6.45, 7) is 1.84. The van der Waals surface area contributed by atoms with Gasteiger partial charge in [0.2, 0.25) is 0 Å². The first-order valence-electron chi connectivity index (χ1n) is 3.55. The van der Waals surface area contributed by atoms with Crippen LogP contribution in [0.4, 0.5) is 0 Å². The Morgan fingerprint density at radius 2 is 1.69 bits per heavy atom. The monoisotopic (exact) mass is 199 g/mol. The molecule has 0 fully saturated rings. The Bertz CT molecular complexity index is 419. The predicted molar refractivity (Wildman–Crippen MR) is 48.6 cm³/mol. The molecule has 0 bridgehead atoms. The molecule has 0 amide bonds. The van der Waals surface area contributed by atoms with Crippen LogP contribution in [-0.2, 0) is 10.0 Å². The van der Waals surface area contributed by atoms with E-state index in [-0.39, 0.29) is 5.56 Å². The molecule has 13 heavy (non-hydrogen) atoms. The molecule has 0 aliphatic carbocycles. The van der Waals surface area contributed by atoms with E-state index < -0.39 is 15.1 Å². The molecule has 0 saturated carbocycles. The number of carbonyl (C=O) groups is 1. The fourth-order valence-electron chi connectivity index (χ4n) is 0.854. The van der Waals surface area contributed by atoms with Crippen LogP contribution in [0.2, 0.25) is 0 Å². The molecule has 1 aromatic rings. The van der Waals surface area contributed by atoms with E-state index in [1.54, 1.807) is 12.1 Å². The predicted octanol–water partition coefficient (Wildman–Crippen LogP) is 0.424. The zero-order valence-corrected chi connectivity index (χ0v) is 7.84. The zero-order valence-electron chi connectivity index (χ0n) is 7.02. The van der Waals surface area contributed by atoms with Crippen molar-refractivity contribution in [1.29, 1.82) is 0 Å². The number of rotatable bonds is 1. The Morgan fingerprint density at radius 3 is 2.08 bits per heavy atom. The quantitative estimate of drug-likeness (QED) is 0.712. The lowest BCUT2D eigenvalue weighted by atomic mass is 10.2. The van der Waals surface area contributed by atoms with Gasteiger partial charge in [-0.05, 0) is 19.1 Å². The highest BCUT2D eigenvalue weighted by atomic mass is 32.2. The van der Waals surface area contributed by atoms with Gasteiger partial charge in [-0.2, -0.15) is 0 Å². The van der Waals surface area contributed by atoms with Gasteiger partial charge in [0.25, 0.3) is 15.1 Å². The minimum atomic E-state index is -4.11. The van der Waals surface area contributed by atoms with Crippen molar-refractivity contribution in [3.05, 3.63) is 35.4 Å². The summed E-state index contributed by atoms with van der Waals surface area (Å²) in [5, 5.41) is 3.62. The molecule has 0 atom stereocenters. The average Bonchev–Trinajstić information content (AvgIpc) is 2.03. The summed E-state index contributed by atoms with van der Waals surface area (Å²) in [5.74, 6) is 0. The molecule has 2 N–H and O–H groups in total. The lowest BCUT2D eigenvalue weighted by molar-refractivity contribution is 0.107. The molecule has 0 saturated heterocycles. The van der Waals surface area contributed by atoms with E-state index in [4.69, 9.17) is 0 Å². The average molecular weight is 199 g/mol. The van der Waals surface area contributed by atoms with Crippen LogP contribution in [0.15, 0.2) is 24.3 Å². The van der Waals surface area contributed by atoms with Crippen LogP contribution in [0.1, 0.15) is 15.9 Å². The Kier molecular flexibility index (Phi) is 2.49. The van der Waals surface area contributed by atoms with Crippen molar-refractivity contribution in [2.45, 2.75) is 6.92 Å². The number of hydrogen-bond donors (Lipinski definition) is 1. The lowest BCUT2D eigenvalue weighted by Crippen LogP contribution is -2.23. The highest BCUT2D eigenvalue weighted by Crippen LogP contribution is 2.05. The number of carbonyl (C=O) groups excluding carboxylic acids is 1. The van der Waals surface area contributed by atoms with E-state index in [1.165, 1.54) is 12.1 Å². The summed E-state index contributed by atoms with van der Waals surface area (Å²) in [7, 11) is -4.11. The number of primary sulfonamides is 1. The Balaban J connectivity index is 3.12. The normalized spacial score (nSPS) is 11.2. The van der Waals surface area contributed by atoms with Gasteiger partial charge < -0.3 is 0 Å². The minimum Gasteiger partial charge on any atom is -0.274 e. The molecule has 0 aliphatic rings. The molecule has 1 rings (SSSR count). The second kappa shape index (κ2) is 3.27. The summed E-state index contributed by atoms with van der Waals surface area (Å²) in [4.78, 5) is 11.1. The molecule has 0 aliphatic heterocycles. The zero-order chi connectivity index (χ0) is 10.1. The highest BCUT2D eigenvalue weighted by molar-refractivity contribution is 8.04.